The molecular weight excluding hydrogens is 705 g/mol. The lowest BCUT2D eigenvalue weighted by Gasteiger charge is -2.21. The Balaban J connectivity index is 1.15. The number of para-hydroxylation sites is 2. The average Bonchev–Trinajstić information content (AvgIpc) is 3.78. The molecule has 1 aliphatic carbocycles. The van der Waals surface area contributed by atoms with Gasteiger partial charge < -0.3 is 4.42 Å². The van der Waals surface area contributed by atoms with E-state index in [9.17, 15) is 0 Å². The molecule has 2 heterocycles. The second kappa shape index (κ2) is 13.4. The molecule has 0 bridgehead atoms. The van der Waals surface area contributed by atoms with Crippen LogP contribution in [0.15, 0.2) is 199 Å². The van der Waals surface area contributed by atoms with Crippen LogP contribution in [0.5, 0.6) is 0 Å². The van der Waals surface area contributed by atoms with Gasteiger partial charge >= 0.3 is 0 Å². The quantitative estimate of drug-likeness (QED) is 0.170. The fourth-order valence-corrected chi connectivity index (χ4v) is 9.00. The SMILES string of the molecule is CC1(C)c2ccccc2-c2cc(-c3ccccc3-c3cc(-c4cc(-c5ccccc5)nc(-c5ccccc5)n4)cc(-c4cccc5c4oc4ccccc45)c3)ccc21. The van der Waals surface area contributed by atoms with Crippen LogP contribution in [0.3, 0.4) is 0 Å². The number of benzene rings is 8. The lowest BCUT2D eigenvalue weighted by atomic mass is 9.82. The minimum atomic E-state index is -0.0559. The summed E-state index contributed by atoms with van der Waals surface area (Å²) in [4.78, 5) is 10.4. The molecule has 0 saturated carbocycles. The van der Waals surface area contributed by atoms with Gasteiger partial charge in [0.2, 0.25) is 0 Å². The molecule has 1 aliphatic rings. The van der Waals surface area contributed by atoms with Gasteiger partial charge in [0.05, 0.1) is 11.4 Å². The van der Waals surface area contributed by atoms with Crippen molar-refractivity contribution in [3.8, 4) is 78.4 Å². The Hall–Kier alpha value is -7.36. The number of fused-ring (bicyclic) bond motifs is 6. The fraction of sp³-hybridized carbons (Fsp3) is 0.0545. The van der Waals surface area contributed by atoms with Crippen LogP contribution in [-0.4, -0.2) is 9.97 Å². The van der Waals surface area contributed by atoms with Crippen molar-refractivity contribution in [2.45, 2.75) is 19.3 Å². The summed E-state index contributed by atoms with van der Waals surface area (Å²) in [6.45, 7) is 4.67. The smallest absolute Gasteiger partial charge is 0.160 e. The molecule has 274 valence electrons. The van der Waals surface area contributed by atoms with Crippen LogP contribution in [0, 0.1) is 0 Å². The lowest BCUT2D eigenvalue weighted by Crippen LogP contribution is -2.14. The predicted molar refractivity (Wildman–Crippen MR) is 239 cm³/mol. The second-order valence-corrected chi connectivity index (χ2v) is 15.8. The van der Waals surface area contributed by atoms with Crippen molar-refractivity contribution in [1.29, 1.82) is 0 Å². The third kappa shape index (κ3) is 5.58. The van der Waals surface area contributed by atoms with E-state index in [1.807, 2.05) is 36.4 Å². The van der Waals surface area contributed by atoms with Crippen molar-refractivity contribution in [3.63, 3.8) is 0 Å². The minimum Gasteiger partial charge on any atom is -0.455 e. The number of nitrogens with zero attached hydrogens (tertiary/aromatic N) is 2. The van der Waals surface area contributed by atoms with Gasteiger partial charge in [-0.2, -0.15) is 0 Å². The Kier molecular flexibility index (Phi) is 7.84. The molecule has 11 rings (SSSR count). The van der Waals surface area contributed by atoms with Crippen LogP contribution < -0.4 is 0 Å². The Labute approximate surface area is 338 Å². The topological polar surface area (TPSA) is 38.9 Å². The zero-order valence-electron chi connectivity index (χ0n) is 32.3. The van der Waals surface area contributed by atoms with Crippen LogP contribution >= 0.6 is 0 Å². The summed E-state index contributed by atoms with van der Waals surface area (Å²) >= 11 is 0. The van der Waals surface area contributed by atoms with E-state index < -0.39 is 0 Å². The first-order valence-corrected chi connectivity index (χ1v) is 19.9. The third-order valence-corrected chi connectivity index (χ3v) is 11.9. The highest BCUT2D eigenvalue weighted by atomic mass is 16.3. The predicted octanol–water partition coefficient (Wildman–Crippen LogP) is 14.7. The van der Waals surface area contributed by atoms with E-state index in [-0.39, 0.29) is 5.41 Å². The third-order valence-electron chi connectivity index (χ3n) is 11.9. The van der Waals surface area contributed by atoms with E-state index in [4.69, 9.17) is 14.4 Å². The van der Waals surface area contributed by atoms with Crippen LogP contribution in [0.25, 0.3) is 100 Å². The number of rotatable bonds is 6. The largest absolute Gasteiger partial charge is 0.455 e. The molecule has 0 aliphatic heterocycles. The van der Waals surface area contributed by atoms with E-state index in [0.29, 0.717) is 5.82 Å². The van der Waals surface area contributed by atoms with Gasteiger partial charge in [0, 0.05) is 38.4 Å². The number of hydrogen-bond donors (Lipinski definition) is 0. The normalized spacial score (nSPS) is 12.8. The van der Waals surface area contributed by atoms with Gasteiger partial charge in [-0.05, 0) is 86.5 Å². The lowest BCUT2D eigenvalue weighted by molar-refractivity contribution is 0.660. The first-order chi connectivity index (χ1) is 28.5. The van der Waals surface area contributed by atoms with Crippen LogP contribution in [0.4, 0.5) is 0 Å². The Morgan fingerprint density at radius 3 is 1.69 bits per heavy atom. The summed E-state index contributed by atoms with van der Waals surface area (Å²) in [7, 11) is 0. The molecule has 8 aromatic carbocycles. The van der Waals surface area contributed by atoms with Gasteiger partial charge in [-0.3, -0.25) is 0 Å². The van der Waals surface area contributed by atoms with Crippen molar-refractivity contribution in [2.24, 2.45) is 0 Å². The van der Waals surface area contributed by atoms with E-state index >= 15 is 0 Å². The highest BCUT2D eigenvalue weighted by Gasteiger charge is 2.35. The average molecular weight is 743 g/mol. The zero-order chi connectivity index (χ0) is 38.8. The molecule has 3 heteroatoms. The maximum atomic E-state index is 6.64. The van der Waals surface area contributed by atoms with Gasteiger partial charge in [-0.1, -0.05) is 172 Å². The molecule has 0 fully saturated rings. The Morgan fingerprint density at radius 1 is 0.362 bits per heavy atom. The molecule has 0 spiro atoms. The molecule has 0 radical (unpaired) electrons. The highest BCUT2D eigenvalue weighted by molar-refractivity contribution is 6.10. The van der Waals surface area contributed by atoms with Crippen molar-refractivity contribution in [1.82, 2.24) is 9.97 Å². The Bertz CT molecular complexity index is 3140. The van der Waals surface area contributed by atoms with E-state index in [0.717, 1.165) is 72.3 Å². The van der Waals surface area contributed by atoms with Gasteiger partial charge in [-0.25, -0.2) is 9.97 Å². The minimum absolute atomic E-state index is 0.0559. The molecule has 0 saturated heterocycles. The first-order valence-electron chi connectivity index (χ1n) is 19.9. The number of aromatic nitrogens is 2. The summed E-state index contributed by atoms with van der Waals surface area (Å²) in [6, 6.07) is 69.0. The summed E-state index contributed by atoms with van der Waals surface area (Å²) in [6.07, 6.45) is 0. The number of furan rings is 1. The standard InChI is InChI=1S/C55H38N2O/c1-55(2)48-26-13-11-22-44(48)47-33-37(28-29-49(47)55)41-20-9-10-21-42(41)38-30-39(43-24-15-25-46-45-23-12-14-27-52(45)58-53(43)46)32-40(31-38)51-34-50(35-16-5-3-6-17-35)56-54(57-51)36-18-7-4-8-19-36/h3-34H,1-2H3. The summed E-state index contributed by atoms with van der Waals surface area (Å²) in [5.74, 6) is 0.685. The highest BCUT2D eigenvalue weighted by Crippen LogP contribution is 2.50. The summed E-state index contributed by atoms with van der Waals surface area (Å²) in [5.41, 5.74) is 18.5. The molecule has 0 amide bonds. The molecule has 0 atom stereocenters. The molecule has 10 aromatic rings. The summed E-state index contributed by atoms with van der Waals surface area (Å²) < 4.78 is 6.64. The second-order valence-electron chi connectivity index (χ2n) is 15.8. The molecular formula is C55H38N2O. The van der Waals surface area contributed by atoms with E-state index in [1.165, 1.54) is 33.4 Å². The molecule has 2 aromatic heterocycles. The first kappa shape index (κ1) is 33.9. The maximum Gasteiger partial charge on any atom is 0.160 e. The van der Waals surface area contributed by atoms with Crippen LogP contribution in [-0.2, 0) is 5.41 Å². The van der Waals surface area contributed by atoms with Crippen molar-refractivity contribution < 1.29 is 4.42 Å². The fourth-order valence-electron chi connectivity index (χ4n) is 9.00. The van der Waals surface area contributed by atoms with E-state index in [1.54, 1.807) is 0 Å². The molecule has 3 nitrogen and oxygen atoms in total. The van der Waals surface area contributed by atoms with Gasteiger partial charge in [0.25, 0.3) is 0 Å². The van der Waals surface area contributed by atoms with Crippen LogP contribution in [0.1, 0.15) is 25.0 Å². The van der Waals surface area contributed by atoms with Crippen molar-refractivity contribution >= 4 is 21.9 Å². The zero-order valence-corrected chi connectivity index (χ0v) is 32.3. The van der Waals surface area contributed by atoms with Gasteiger partial charge in [-0.15, -0.1) is 0 Å². The van der Waals surface area contributed by atoms with Crippen molar-refractivity contribution in [2.75, 3.05) is 0 Å². The Morgan fingerprint density at radius 2 is 0.914 bits per heavy atom. The monoisotopic (exact) mass is 742 g/mol. The number of hydrogen-bond acceptors (Lipinski definition) is 3. The van der Waals surface area contributed by atoms with E-state index in [2.05, 4.69) is 172 Å². The van der Waals surface area contributed by atoms with Crippen LogP contribution in [0.2, 0.25) is 0 Å². The molecule has 0 unspecified atom stereocenters. The summed E-state index contributed by atoms with van der Waals surface area (Å²) in [5, 5.41) is 2.21. The van der Waals surface area contributed by atoms with Crippen molar-refractivity contribution in [3.05, 3.63) is 205 Å². The van der Waals surface area contributed by atoms with Gasteiger partial charge in [0.15, 0.2) is 5.82 Å². The van der Waals surface area contributed by atoms with Gasteiger partial charge in [0.1, 0.15) is 11.2 Å². The molecule has 0 N–H and O–H groups in total. The maximum absolute atomic E-state index is 6.64. The molecule has 58 heavy (non-hydrogen) atoms.